The summed E-state index contributed by atoms with van der Waals surface area (Å²) >= 11 is 0. The van der Waals surface area contributed by atoms with Gasteiger partial charge in [-0.05, 0) is 19.9 Å². The van der Waals surface area contributed by atoms with Gasteiger partial charge in [0.1, 0.15) is 0 Å². The van der Waals surface area contributed by atoms with E-state index in [4.69, 9.17) is 5.11 Å². The Labute approximate surface area is 65.5 Å². The Morgan fingerprint density at radius 1 is 1.82 bits per heavy atom. The fourth-order valence-electron chi connectivity index (χ4n) is 1.09. The zero-order valence-electron chi connectivity index (χ0n) is 6.88. The number of carbonyl (C=O) groups is 1. The lowest BCUT2D eigenvalue weighted by Gasteiger charge is -2.21. The van der Waals surface area contributed by atoms with Gasteiger partial charge < -0.3 is 10.1 Å². The number of rotatable bonds is 1. The first-order valence-corrected chi connectivity index (χ1v) is 3.40. The van der Waals surface area contributed by atoms with Gasteiger partial charge in [-0.2, -0.15) is 0 Å². The zero-order valence-corrected chi connectivity index (χ0v) is 6.88. The fourth-order valence-corrected chi connectivity index (χ4v) is 1.09. The standard InChI is InChI=1S/C7H12N2O2/c1-5-4-7(2,6(10)11)8-9(5)3/h4,8H,1-3H3,(H,10,11). The molecule has 1 atom stereocenters. The molecule has 0 radical (unpaired) electrons. The van der Waals surface area contributed by atoms with Gasteiger partial charge in [-0.3, -0.25) is 0 Å². The van der Waals surface area contributed by atoms with E-state index in [1.165, 1.54) is 0 Å². The summed E-state index contributed by atoms with van der Waals surface area (Å²) in [6.07, 6.45) is 1.69. The summed E-state index contributed by atoms with van der Waals surface area (Å²) < 4.78 is 0. The second-order valence-corrected chi connectivity index (χ2v) is 2.96. The lowest BCUT2D eigenvalue weighted by molar-refractivity contribution is -0.142. The Morgan fingerprint density at radius 3 is 2.55 bits per heavy atom. The summed E-state index contributed by atoms with van der Waals surface area (Å²) in [5.74, 6) is -0.860. The minimum atomic E-state index is -0.932. The number of hydrazine groups is 1. The summed E-state index contributed by atoms with van der Waals surface area (Å²) in [7, 11) is 1.79. The van der Waals surface area contributed by atoms with Crippen LogP contribution < -0.4 is 5.43 Å². The third-order valence-corrected chi connectivity index (χ3v) is 1.87. The van der Waals surface area contributed by atoms with Crippen LogP contribution in [0.4, 0.5) is 0 Å². The summed E-state index contributed by atoms with van der Waals surface area (Å²) in [5.41, 5.74) is 2.81. The third kappa shape index (κ3) is 1.21. The van der Waals surface area contributed by atoms with Crippen LogP contribution >= 0.6 is 0 Å². The summed E-state index contributed by atoms with van der Waals surface area (Å²) in [5, 5.41) is 10.5. The Hall–Kier alpha value is -1.03. The third-order valence-electron chi connectivity index (χ3n) is 1.87. The van der Waals surface area contributed by atoms with E-state index in [2.05, 4.69) is 5.43 Å². The fraction of sp³-hybridized carbons (Fsp3) is 0.571. The maximum Gasteiger partial charge on any atom is 0.329 e. The van der Waals surface area contributed by atoms with E-state index in [9.17, 15) is 4.79 Å². The number of hydrogen-bond acceptors (Lipinski definition) is 3. The van der Waals surface area contributed by atoms with E-state index in [-0.39, 0.29) is 0 Å². The summed E-state index contributed by atoms with van der Waals surface area (Å²) in [6.45, 7) is 3.49. The number of nitrogens with one attached hydrogen (secondary N) is 1. The van der Waals surface area contributed by atoms with Gasteiger partial charge in [-0.1, -0.05) is 0 Å². The van der Waals surface area contributed by atoms with Gasteiger partial charge in [-0.15, -0.1) is 0 Å². The van der Waals surface area contributed by atoms with Crippen molar-refractivity contribution in [3.05, 3.63) is 11.8 Å². The summed E-state index contributed by atoms with van der Waals surface area (Å²) in [6, 6.07) is 0. The molecule has 0 saturated heterocycles. The van der Waals surface area contributed by atoms with Gasteiger partial charge in [0.25, 0.3) is 0 Å². The average molecular weight is 156 g/mol. The van der Waals surface area contributed by atoms with Crippen molar-refractivity contribution in [1.82, 2.24) is 10.4 Å². The molecule has 0 spiro atoms. The maximum absolute atomic E-state index is 10.7. The Morgan fingerprint density at radius 2 is 2.36 bits per heavy atom. The van der Waals surface area contributed by atoms with Gasteiger partial charge in [0, 0.05) is 12.7 Å². The van der Waals surface area contributed by atoms with Crippen LogP contribution in [-0.4, -0.2) is 28.7 Å². The molecule has 0 aromatic rings. The van der Waals surface area contributed by atoms with Gasteiger partial charge in [-0.25, -0.2) is 10.2 Å². The van der Waals surface area contributed by atoms with Gasteiger partial charge >= 0.3 is 5.97 Å². The van der Waals surface area contributed by atoms with Gasteiger partial charge in [0.15, 0.2) is 5.54 Å². The number of carboxylic acids is 1. The molecule has 0 aromatic heterocycles. The minimum absolute atomic E-state index is 0.860. The van der Waals surface area contributed by atoms with E-state index in [0.717, 1.165) is 5.70 Å². The number of nitrogens with zero attached hydrogens (tertiary/aromatic N) is 1. The molecule has 2 N–H and O–H groups in total. The molecule has 1 heterocycles. The van der Waals surface area contributed by atoms with Gasteiger partial charge in [0.2, 0.25) is 0 Å². The van der Waals surface area contributed by atoms with Crippen LogP contribution in [0.5, 0.6) is 0 Å². The van der Waals surface area contributed by atoms with Crippen LogP contribution in [-0.2, 0) is 4.79 Å². The van der Waals surface area contributed by atoms with Crippen molar-refractivity contribution in [2.24, 2.45) is 0 Å². The Bertz CT molecular complexity index is 224. The average Bonchev–Trinajstić information content (AvgIpc) is 2.09. The summed E-state index contributed by atoms with van der Waals surface area (Å²) in [4.78, 5) is 10.7. The molecule has 1 aliphatic rings. The highest BCUT2D eigenvalue weighted by molar-refractivity contribution is 5.81. The first-order chi connectivity index (χ1) is 4.96. The largest absolute Gasteiger partial charge is 0.480 e. The maximum atomic E-state index is 10.7. The second-order valence-electron chi connectivity index (χ2n) is 2.96. The van der Waals surface area contributed by atoms with E-state index < -0.39 is 11.5 Å². The quantitative estimate of drug-likeness (QED) is 0.568. The van der Waals surface area contributed by atoms with Crippen molar-refractivity contribution < 1.29 is 9.90 Å². The first kappa shape index (κ1) is 8.07. The van der Waals surface area contributed by atoms with Crippen LogP contribution in [0.15, 0.2) is 11.8 Å². The highest BCUT2D eigenvalue weighted by atomic mass is 16.4. The monoisotopic (exact) mass is 156 g/mol. The molecular weight excluding hydrogens is 144 g/mol. The van der Waals surface area contributed by atoms with Crippen molar-refractivity contribution in [2.45, 2.75) is 19.4 Å². The van der Waals surface area contributed by atoms with Crippen molar-refractivity contribution in [3.8, 4) is 0 Å². The van der Waals surface area contributed by atoms with Crippen LogP contribution in [0, 0.1) is 0 Å². The molecule has 0 amide bonds. The molecule has 4 heteroatoms. The van der Waals surface area contributed by atoms with E-state index in [0.29, 0.717) is 0 Å². The van der Waals surface area contributed by atoms with E-state index in [1.54, 1.807) is 25.1 Å². The molecule has 62 valence electrons. The van der Waals surface area contributed by atoms with Crippen LogP contribution in [0.25, 0.3) is 0 Å². The van der Waals surface area contributed by atoms with Crippen molar-refractivity contribution in [3.63, 3.8) is 0 Å². The lowest BCUT2D eigenvalue weighted by atomic mass is 10.0. The second kappa shape index (κ2) is 2.23. The van der Waals surface area contributed by atoms with Crippen LogP contribution in [0.2, 0.25) is 0 Å². The molecule has 1 rings (SSSR count). The molecular formula is C7H12N2O2. The molecule has 4 nitrogen and oxygen atoms in total. The highest BCUT2D eigenvalue weighted by Crippen LogP contribution is 2.18. The normalized spacial score (nSPS) is 30.5. The van der Waals surface area contributed by atoms with Gasteiger partial charge in [0.05, 0.1) is 0 Å². The number of aliphatic carboxylic acids is 1. The molecule has 0 aromatic carbocycles. The van der Waals surface area contributed by atoms with Crippen LogP contribution in [0.3, 0.4) is 0 Å². The highest BCUT2D eigenvalue weighted by Gasteiger charge is 2.36. The van der Waals surface area contributed by atoms with E-state index >= 15 is 0 Å². The molecule has 0 saturated carbocycles. The number of hydrogen-bond donors (Lipinski definition) is 2. The number of allylic oxidation sites excluding steroid dienone is 1. The van der Waals surface area contributed by atoms with Crippen molar-refractivity contribution in [1.29, 1.82) is 0 Å². The molecule has 0 aliphatic carbocycles. The predicted molar refractivity (Wildman–Crippen MR) is 40.7 cm³/mol. The SMILES string of the molecule is CC1=CC(C)(C(=O)O)NN1C. The molecule has 11 heavy (non-hydrogen) atoms. The topological polar surface area (TPSA) is 52.6 Å². The zero-order chi connectivity index (χ0) is 8.65. The van der Waals surface area contributed by atoms with Crippen molar-refractivity contribution >= 4 is 5.97 Å². The van der Waals surface area contributed by atoms with E-state index in [1.807, 2.05) is 6.92 Å². The Balaban J connectivity index is 2.88. The lowest BCUT2D eigenvalue weighted by Crippen LogP contribution is -2.48. The Kier molecular flexibility index (Phi) is 1.64. The molecule has 0 fully saturated rings. The molecule has 0 bridgehead atoms. The predicted octanol–water partition coefficient (Wildman–Crippen LogP) is 0.183. The molecule has 1 aliphatic heterocycles. The minimum Gasteiger partial charge on any atom is -0.480 e. The number of carboxylic acid groups (broad SMARTS) is 1. The molecule has 1 unspecified atom stereocenters. The first-order valence-electron chi connectivity index (χ1n) is 3.40. The van der Waals surface area contributed by atoms with Crippen LogP contribution in [0.1, 0.15) is 13.8 Å². The smallest absolute Gasteiger partial charge is 0.329 e. The van der Waals surface area contributed by atoms with Crippen molar-refractivity contribution in [2.75, 3.05) is 7.05 Å².